The SMILES string of the molecule is Cc1cc(C)c(C(C)NC(C)c2cccs2)c(C)n1. The zero-order chi connectivity index (χ0) is 14.0. The van der Waals surface area contributed by atoms with Gasteiger partial charge in [-0.3, -0.25) is 4.98 Å². The van der Waals surface area contributed by atoms with Crippen molar-refractivity contribution in [2.75, 3.05) is 0 Å². The van der Waals surface area contributed by atoms with Gasteiger partial charge >= 0.3 is 0 Å². The van der Waals surface area contributed by atoms with Gasteiger partial charge in [-0.25, -0.2) is 0 Å². The molecule has 0 spiro atoms. The number of rotatable bonds is 4. The average molecular weight is 274 g/mol. The average Bonchev–Trinajstić information content (AvgIpc) is 2.80. The van der Waals surface area contributed by atoms with Crippen LogP contribution in [0.15, 0.2) is 23.6 Å². The van der Waals surface area contributed by atoms with Crippen LogP contribution < -0.4 is 5.32 Å². The molecule has 3 heteroatoms. The molecule has 0 amide bonds. The van der Waals surface area contributed by atoms with Crippen LogP contribution in [0.4, 0.5) is 0 Å². The maximum absolute atomic E-state index is 4.59. The van der Waals surface area contributed by atoms with Gasteiger partial charge in [0.05, 0.1) is 0 Å². The molecule has 0 aliphatic rings. The van der Waals surface area contributed by atoms with E-state index in [-0.39, 0.29) is 0 Å². The molecule has 0 saturated carbocycles. The zero-order valence-corrected chi connectivity index (χ0v) is 13.1. The molecular formula is C16H22N2S. The van der Waals surface area contributed by atoms with Crippen LogP contribution in [-0.2, 0) is 0 Å². The number of hydrogen-bond acceptors (Lipinski definition) is 3. The van der Waals surface area contributed by atoms with E-state index in [1.165, 1.54) is 16.0 Å². The molecule has 19 heavy (non-hydrogen) atoms. The van der Waals surface area contributed by atoms with Crippen LogP contribution in [-0.4, -0.2) is 4.98 Å². The fourth-order valence-corrected chi connectivity index (χ4v) is 3.51. The lowest BCUT2D eigenvalue weighted by Crippen LogP contribution is -2.23. The Morgan fingerprint density at radius 1 is 1.16 bits per heavy atom. The summed E-state index contributed by atoms with van der Waals surface area (Å²) >= 11 is 1.80. The molecule has 2 heterocycles. The highest BCUT2D eigenvalue weighted by Crippen LogP contribution is 2.26. The Morgan fingerprint density at radius 3 is 2.47 bits per heavy atom. The maximum atomic E-state index is 4.59. The third-order valence-corrected chi connectivity index (χ3v) is 4.54. The third-order valence-electron chi connectivity index (χ3n) is 3.49. The first kappa shape index (κ1) is 14.2. The van der Waals surface area contributed by atoms with Crippen LogP contribution >= 0.6 is 11.3 Å². The van der Waals surface area contributed by atoms with Crippen molar-refractivity contribution in [3.05, 3.63) is 51.0 Å². The minimum atomic E-state index is 0.310. The molecule has 0 saturated heterocycles. The summed E-state index contributed by atoms with van der Waals surface area (Å²) in [6.45, 7) is 10.8. The van der Waals surface area contributed by atoms with Crippen LogP contribution in [0.2, 0.25) is 0 Å². The second-order valence-electron chi connectivity index (χ2n) is 5.21. The summed E-state index contributed by atoms with van der Waals surface area (Å²) in [6.07, 6.45) is 0. The standard InChI is InChI=1S/C16H22N2S/c1-10-9-11(2)17-13(4)16(10)14(5)18-12(3)15-7-6-8-19-15/h6-9,12,14,18H,1-5H3. The van der Waals surface area contributed by atoms with Crippen molar-refractivity contribution < 1.29 is 0 Å². The summed E-state index contributed by atoms with van der Waals surface area (Å²) in [5.74, 6) is 0. The van der Waals surface area contributed by atoms with E-state index < -0.39 is 0 Å². The first-order valence-electron chi connectivity index (χ1n) is 6.73. The fraction of sp³-hybridized carbons (Fsp3) is 0.438. The molecule has 0 bridgehead atoms. The van der Waals surface area contributed by atoms with E-state index >= 15 is 0 Å². The van der Waals surface area contributed by atoms with Crippen LogP contribution in [0.1, 0.15) is 53.3 Å². The molecule has 1 N–H and O–H groups in total. The van der Waals surface area contributed by atoms with Crippen LogP contribution in [0.25, 0.3) is 0 Å². The van der Waals surface area contributed by atoms with Gasteiger partial charge in [0.15, 0.2) is 0 Å². The van der Waals surface area contributed by atoms with Crippen LogP contribution in [0.3, 0.4) is 0 Å². The van der Waals surface area contributed by atoms with Gasteiger partial charge in [-0.15, -0.1) is 11.3 Å². The highest BCUT2D eigenvalue weighted by atomic mass is 32.1. The van der Waals surface area contributed by atoms with Crippen molar-refractivity contribution in [1.82, 2.24) is 10.3 Å². The maximum Gasteiger partial charge on any atom is 0.0426 e. The number of nitrogens with zero attached hydrogens (tertiary/aromatic N) is 1. The van der Waals surface area contributed by atoms with Crippen molar-refractivity contribution in [2.24, 2.45) is 0 Å². The van der Waals surface area contributed by atoms with Gasteiger partial charge < -0.3 is 5.32 Å². The largest absolute Gasteiger partial charge is 0.303 e. The molecule has 0 aliphatic carbocycles. The monoisotopic (exact) mass is 274 g/mol. The molecule has 102 valence electrons. The van der Waals surface area contributed by atoms with Gasteiger partial charge in [-0.05, 0) is 63.3 Å². The smallest absolute Gasteiger partial charge is 0.0426 e. The van der Waals surface area contributed by atoms with Gasteiger partial charge in [0, 0.05) is 28.3 Å². The molecule has 2 rings (SSSR count). The van der Waals surface area contributed by atoms with E-state index in [1.54, 1.807) is 11.3 Å². The van der Waals surface area contributed by atoms with E-state index in [4.69, 9.17) is 0 Å². The molecule has 2 aromatic heterocycles. The summed E-state index contributed by atoms with van der Waals surface area (Å²) in [5, 5.41) is 5.80. The number of hydrogen-bond donors (Lipinski definition) is 1. The Kier molecular flexibility index (Phi) is 4.38. The van der Waals surface area contributed by atoms with Crippen LogP contribution in [0, 0.1) is 20.8 Å². The number of nitrogens with one attached hydrogen (secondary N) is 1. The van der Waals surface area contributed by atoms with E-state index in [0.717, 1.165) is 11.4 Å². The molecule has 2 unspecified atom stereocenters. The summed E-state index contributed by atoms with van der Waals surface area (Å²) < 4.78 is 0. The van der Waals surface area contributed by atoms with Crippen molar-refractivity contribution in [3.8, 4) is 0 Å². The summed E-state index contributed by atoms with van der Waals surface area (Å²) in [6, 6.07) is 7.13. The quantitative estimate of drug-likeness (QED) is 0.889. The Bertz CT molecular complexity index is 523. The molecule has 0 fully saturated rings. The molecular weight excluding hydrogens is 252 g/mol. The molecule has 2 atom stereocenters. The van der Waals surface area contributed by atoms with E-state index in [1.807, 2.05) is 0 Å². The molecule has 0 aliphatic heterocycles. The first-order chi connectivity index (χ1) is 8.99. The van der Waals surface area contributed by atoms with Crippen LogP contribution in [0.5, 0.6) is 0 Å². The predicted molar refractivity (Wildman–Crippen MR) is 82.7 cm³/mol. The van der Waals surface area contributed by atoms with Gasteiger partial charge in [-0.1, -0.05) is 6.07 Å². The van der Waals surface area contributed by atoms with Crippen molar-refractivity contribution in [3.63, 3.8) is 0 Å². The fourth-order valence-electron chi connectivity index (χ4n) is 2.77. The Labute approximate surface area is 119 Å². The molecule has 2 nitrogen and oxygen atoms in total. The lowest BCUT2D eigenvalue weighted by atomic mass is 9.99. The number of aryl methyl sites for hydroxylation is 3. The summed E-state index contributed by atoms with van der Waals surface area (Å²) in [4.78, 5) is 5.97. The van der Waals surface area contributed by atoms with Crippen molar-refractivity contribution >= 4 is 11.3 Å². The van der Waals surface area contributed by atoms with Gasteiger partial charge in [0.25, 0.3) is 0 Å². The van der Waals surface area contributed by atoms with Crippen molar-refractivity contribution in [1.29, 1.82) is 0 Å². The highest BCUT2D eigenvalue weighted by molar-refractivity contribution is 7.10. The Balaban J connectivity index is 2.18. The van der Waals surface area contributed by atoms with Crippen molar-refractivity contribution in [2.45, 2.75) is 46.7 Å². The predicted octanol–water partition coefficient (Wildman–Crippen LogP) is 4.48. The molecule has 2 aromatic rings. The van der Waals surface area contributed by atoms with Gasteiger partial charge in [0.2, 0.25) is 0 Å². The highest BCUT2D eigenvalue weighted by Gasteiger charge is 2.16. The first-order valence-corrected chi connectivity index (χ1v) is 7.61. The zero-order valence-electron chi connectivity index (χ0n) is 12.3. The molecule has 0 radical (unpaired) electrons. The minimum absolute atomic E-state index is 0.310. The van der Waals surface area contributed by atoms with E-state index in [9.17, 15) is 0 Å². The van der Waals surface area contributed by atoms with E-state index in [0.29, 0.717) is 12.1 Å². The van der Waals surface area contributed by atoms with Gasteiger partial charge in [-0.2, -0.15) is 0 Å². The minimum Gasteiger partial charge on any atom is -0.303 e. The van der Waals surface area contributed by atoms with Gasteiger partial charge in [0.1, 0.15) is 0 Å². The topological polar surface area (TPSA) is 24.9 Å². The normalized spacial score (nSPS) is 14.4. The summed E-state index contributed by atoms with van der Waals surface area (Å²) in [5.41, 5.74) is 4.88. The number of aromatic nitrogens is 1. The van der Waals surface area contributed by atoms with E-state index in [2.05, 4.69) is 68.5 Å². The second-order valence-corrected chi connectivity index (χ2v) is 6.18. The Hall–Kier alpha value is -1.19. The summed E-state index contributed by atoms with van der Waals surface area (Å²) in [7, 11) is 0. The lowest BCUT2D eigenvalue weighted by molar-refractivity contribution is 0.495. The lowest BCUT2D eigenvalue weighted by Gasteiger charge is -2.22. The Morgan fingerprint density at radius 2 is 1.89 bits per heavy atom. The number of thiophene rings is 1. The third kappa shape index (κ3) is 3.23. The number of pyridine rings is 1. The second kappa shape index (κ2) is 5.85. The molecule has 0 aromatic carbocycles.